The van der Waals surface area contributed by atoms with Gasteiger partial charge in [0.25, 0.3) is 0 Å². The minimum Gasteiger partial charge on any atom is -0.461 e. The molecule has 5 heteroatoms. The summed E-state index contributed by atoms with van der Waals surface area (Å²) in [6, 6.07) is 0. The number of aromatic amines is 1. The predicted molar refractivity (Wildman–Crippen MR) is 45.5 cm³/mol. The van der Waals surface area contributed by atoms with Gasteiger partial charge in [-0.05, 0) is 6.42 Å². The van der Waals surface area contributed by atoms with Gasteiger partial charge < -0.3 is 9.72 Å². The second-order valence-electron chi connectivity index (χ2n) is 2.20. The zero-order valence-corrected chi connectivity index (χ0v) is 7.44. The SMILES string of the molecule is CCCOC(=O)c1csc(=O)[nH]1. The Morgan fingerprint density at radius 2 is 2.50 bits per heavy atom. The molecule has 1 heterocycles. The van der Waals surface area contributed by atoms with Crippen LogP contribution in [-0.4, -0.2) is 17.6 Å². The Labute approximate surface area is 73.2 Å². The number of thiazole rings is 1. The molecule has 0 saturated heterocycles. The van der Waals surface area contributed by atoms with Crippen LogP contribution in [0, 0.1) is 0 Å². The highest BCUT2D eigenvalue weighted by molar-refractivity contribution is 7.07. The van der Waals surface area contributed by atoms with Crippen LogP contribution in [0.3, 0.4) is 0 Å². The maximum atomic E-state index is 11.0. The van der Waals surface area contributed by atoms with Crippen LogP contribution in [0.4, 0.5) is 0 Å². The fourth-order valence-electron chi connectivity index (χ4n) is 0.653. The van der Waals surface area contributed by atoms with Crippen molar-refractivity contribution in [3.63, 3.8) is 0 Å². The molecule has 1 N–H and O–H groups in total. The molecular weight excluding hydrogens is 178 g/mol. The molecule has 0 unspecified atom stereocenters. The molecule has 4 nitrogen and oxygen atoms in total. The zero-order valence-electron chi connectivity index (χ0n) is 6.62. The summed E-state index contributed by atoms with van der Waals surface area (Å²) < 4.78 is 4.79. The Balaban J connectivity index is 2.59. The molecule has 66 valence electrons. The van der Waals surface area contributed by atoms with Crippen LogP contribution in [-0.2, 0) is 4.74 Å². The summed E-state index contributed by atoms with van der Waals surface area (Å²) in [6.45, 7) is 2.29. The molecule has 0 amide bonds. The second kappa shape index (κ2) is 4.06. The summed E-state index contributed by atoms with van der Waals surface area (Å²) in [6.07, 6.45) is 0.778. The van der Waals surface area contributed by atoms with E-state index >= 15 is 0 Å². The molecule has 0 aliphatic heterocycles. The van der Waals surface area contributed by atoms with Crippen LogP contribution in [0.1, 0.15) is 23.8 Å². The Bertz CT molecular complexity index is 314. The van der Waals surface area contributed by atoms with Crippen molar-refractivity contribution in [1.29, 1.82) is 0 Å². The number of hydrogen-bond acceptors (Lipinski definition) is 4. The van der Waals surface area contributed by atoms with Crippen molar-refractivity contribution in [1.82, 2.24) is 4.98 Å². The van der Waals surface area contributed by atoms with E-state index in [1.54, 1.807) is 0 Å². The monoisotopic (exact) mass is 187 g/mol. The third-order valence-corrected chi connectivity index (χ3v) is 1.85. The van der Waals surface area contributed by atoms with E-state index in [0.29, 0.717) is 6.61 Å². The summed E-state index contributed by atoms with van der Waals surface area (Å²) >= 11 is 0.954. The fraction of sp³-hybridized carbons (Fsp3) is 0.429. The first-order valence-electron chi connectivity index (χ1n) is 3.59. The number of hydrogen-bond donors (Lipinski definition) is 1. The van der Waals surface area contributed by atoms with Crippen molar-refractivity contribution in [3.05, 3.63) is 20.7 Å². The first-order chi connectivity index (χ1) is 5.74. The van der Waals surface area contributed by atoms with E-state index < -0.39 is 5.97 Å². The number of carbonyl (C=O) groups excluding carboxylic acids is 1. The first-order valence-corrected chi connectivity index (χ1v) is 4.47. The van der Waals surface area contributed by atoms with Gasteiger partial charge in [-0.1, -0.05) is 18.3 Å². The molecule has 12 heavy (non-hydrogen) atoms. The normalized spacial score (nSPS) is 9.75. The second-order valence-corrected chi connectivity index (χ2v) is 3.04. The lowest BCUT2D eigenvalue weighted by Crippen LogP contribution is -2.08. The van der Waals surface area contributed by atoms with Gasteiger partial charge in [0.2, 0.25) is 0 Å². The Kier molecular flexibility index (Phi) is 3.04. The molecule has 0 atom stereocenters. The fourth-order valence-corrected chi connectivity index (χ4v) is 1.20. The highest BCUT2D eigenvalue weighted by Gasteiger charge is 2.07. The number of ether oxygens (including phenoxy) is 1. The Hall–Kier alpha value is -1.10. The van der Waals surface area contributed by atoms with Crippen LogP contribution >= 0.6 is 11.3 Å². The van der Waals surface area contributed by atoms with Crippen molar-refractivity contribution in [2.75, 3.05) is 6.61 Å². The van der Waals surface area contributed by atoms with E-state index in [1.807, 2.05) is 6.92 Å². The number of H-pyrrole nitrogens is 1. The molecule has 1 aromatic rings. The highest BCUT2D eigenvalue weighted by atomic mass is 32.1. The van der Waals surface area contributed by atoms with Crippen LogP contribution in [0.15, 0.2) is 10.2 Å². The average molecular weight is 187 g/mol. The Morgan fingerprint density at radius 3 is 3.00 bits per heavy atom. The lowest BCUT2D eigenvalue weighted by molar-refractivity contribution is 0.0499. The minimum absolute atomic E-state index is 0.235. The van der Waals surface area contributed by atoms with E-state index in [1.165, 1.54) is 5.38 Å². The third-order valence-electron chi connectivity index (χ3n) is 1.18. The molecule has 0 aliphatic carbocycles. The molecule has 0 aromatic carbocycles. The highest BCUT2D eigenvalue weighted by Crippen LogP contribution is 1.98. The van der Waals surface area contributed by atoms with Gasteiger partial charge in [-0.15, -0.1) is 0 Å². The summed E-state index contributed by atoms with van der Waals surface area (Å²) in [5.41, 5.74) is 0.235. The van der Waals surface area contributed by atoms with E-state index in [4.69, 9.17) is 4.74 Å². The van der Waals surface area contributed by atoms with Gasteiger partial charge in [-0.25, -0.2) is 4.79 Å². The average Bonchev–Trinajstić information content (AvgIpc) is 2.47. The molecule has 0 radical (unpaired) electrons. The molecule has 1 rings (SSSR count). The molecule has 0 bridgehead atoms. The minimum atomic E-state index is -0.463. The Morgan fingerprint density at radius 1 is 1.75 bits per heavy atom. The topological polar surface area (TPSA) is 59.2 Å². The van der Waals surface area contributed by atoms with Crippen molar-refractivity contribution in [3.8, 4) is 0 Å². The number of esters is 1. The summed E-state index contributed by atoms with van der Waals surface area (Å²) in [5.74, 6) is -0.463. The van der Waals surface area contributed by atoms with E-state index in [0.717, 1.165) is 17.8 Å². The molecule has 0 aliphatic rings. The summed E-state index contributed by atoms with van der Waals surface area (Å²) in [4.78, 5) is 23.8. The first kappa shape index (κ1) is 8.99. The molecule has 1 aromatic heterocycles. The molecule has 0 saturated carbocycles. The quantitative estimate of drug-likeness (QED) is 0.718. The number of aromatic nitrogens is 1. The lowest BCUT2D eigenvalue weighted by atomic mass is 10.5. The van der Waals surface area contributed by atoms with Gasteiger partial charge in [-0.2, -0.15) is 0 Å². The largest absolute Gasteiger partial charge is 0.461 e. The van der Waals surface area contributed by atoms with Gasteiger partial charge in [0, 0.05) is 5.38 Å². The maximum absolute atomic E-state index is 11.0. The van der Waals surface area contributed by atoms with Gasteiger partial charge in [-0.3, -0.25) is 4.79 Å². The maximum Gasteiger partial charge on any atom is 0.355 e. The smallest absolute Gasteiger partial charge is 0.355 e. The standard InChI is InChI=1S/C7H9NO3S/c1-2-3-11-6(9)5-4-12-7(10)8-5/h4H,2-3H2,1H3,(H,8,10). The summed E-state index contributed by atoms with van der Waals surface area (Å²) in [5, 5.41) is 1.46. The molecule has 0 fully saturated rings. The third kappa shape index (κ3) is 2.20. The van der Waals surface area contributed by atoms with Crippen molar-refractivity contribution < 1.29 is 9.53 Å². The van der Waals surface area contributed by atoms with Crippen molar-refractivity contribution in [2.45, 2.75) is 13.3 Å². The summed E-state index contributed by atoms with van der Waals surface area (Å²) in [7, 11) is 0. The van der Waals surface area contributed by atoms with Gasteiger partial charge in [0.1, 0.15) is 5.69 Å². The van der Waals surface area contributed by atoms with E-state index in [9.17, 15) is 9.59 Å². The van der Waals surface area contributed by atoms with E-state index in [-0.39, 0.29) is 10.6 Å². The number of rotatable bonds is 3. The predicted octanol–water partition coefficient (Wildman–Crippen LogP) is 1.00. The van der Waals surface area contributed by atoms with Gasteiger partial charge in [0.15, 0.2) is 0 Å². The van der Waals surface area contributed by atoms with Gasteiger partial charge >= 0.3 is 10.8 Å². The molecule has 0 spiro atoms. The van der Waals surface area contributed by atoms with Crippen LogP contribution in [0.2, 0.25) is 0 Å². The van der Waals surface area contributed by atoms with Crippen LogP contribution in [0.5, 0.6) is 0 Å². The number of nitrogens with one attached hydrogen (secondary N) is 1. The zero-order chi connectivity index (χ0) is 8.97. The van der Waals surface area contributed by atoms with E-state index in [2.05, 4.69) is 4.98 Å². The molecular formula is C7H9NO3S. The van der Waals surface area contributed by atoms with Crippen molar-refractivity contribution >= 4 is 17.3 Å². The van der Waals surface area contributed by atoms with Crippen molar-refractivity contribution in [2.24, 2.45) is 0 Å². The van der Waals surface area contributed by atoms with Crippen LogP contribution in [0.25, 0.3) is 0 Å². The van der Waals surface area contributed by atoms with Gasteiger partial charge in [0.05, 0.1) is 6.61 Å². The number of carbonyl (C=O) groups is 1. The lowest BCUT2D eigenvalue weighted by Gasteiger charge is -1.98. The van der Waals surface area contributed by atoms with Crippen LogP contribution < -0.4 is 4.87 Å².